The molecule has 0 atom stereocenters. The fourth-order valence-electron chi connectivity index (χ4n) is 2.60. The largest absolute Gasteiger partial charge is 0.377 e. The van der Waals surface area contributed by atoms with E-state index in [1.807, 2.05) is 69.8 Å². The molecule has 0 aromatic heterocycles. The lowest BCUT2D eigenvalue weighted by molar-refractivity contribution is -0.115. The standard InChI is InChI=1S/C20H34N4O2/c1-8-12-24(19(26)22-20(3,4)5)14-15-13-16(21-18(25)9-2)10-11-17(15)23(6)7/h10-11,13H,8-9,12,14H2,1-7H3,(H,21,25)(H,22,26). The monoisotopic (exact) mass is 362 g/mol. The molecule has 1 aromatic carbocycles. The van der Waals surface area contributed by atoms with E-state index in [0.717, 1.165) is 23.4 Å². The molecule has 0 radical (unpaired) electrons. The second-order valence-electron chi connectivity index (χ2n) is 7.74. The highest BCUT2D eigenvalue weighted by atomic mass is 16.2. The van der Waals surface area contributed by atoms with E-state index in [1.165, 1.54) is 0 Å². The van der Waals surface area contributed by atoms with Gasteiger partial charge in [-0.3, -0.25) is 4.79 Å². The van der Waals surface area contributed by atoms with Crippen molar-refractivity contribution in [2.45, 2.75) is 59.5 Å². The third-order valence-electron chi connectivity index (χ3n) is 3.79. The van der Waals surface area contributed by atoms with Gasteiger partial charge in [0.1, 0.15) is 0 Å². The first-order chi connectivity index (χ1) is 12.1. The predicted molar refractivity (Wildman–Crippen MR) is 109 cm³/mol. The number of rotatable bonds is 7. The maximum atomic E-state index is 12.7. The number of carbonyl (C=O) groups excluding carboxylic acids is 2. The quantitative estimate of drug-likeness (QED) is 0.775. The van der Waals surface area contributed by atoms with Gasteiger partial charge in [-0.15, -0.1) is 0 Å². The number of hydrogen-bond donors (Lipinski definition) is 2. The number of nitrogens with one attached hydrogen (secondary N) is 2. The van der Waals surface area contributed by atoms with Crippen LogP contribution < -0.4 is 15.5 Å². The lowest BCUT2D eigenvalue weighted by Crippen LogP contribution is -2.48. The Morgan fingerprint density at radius 3 is 2.27 bits per heavy atom. The highest BCUT2D eigenvalue weighted by molar-refractivity contribution is 5.90. The molecule has 1 aromatic rings. The molecule has 2 N–H and O–H groups in total. The van der Waals surface area contributed by atoms with Crippen LogP contribution >= 0.6 is 0 Å². The summed E-state index contributed by atoms with van der Waals surface area (Å²) in [6.07, 6.45) is 1.31. The average molecular weight is 363 g/mol. The second-order valence-corrected chi connectivity index (χ2v) is 7.74. The van der Waals surface area contributed by atoms with Crippen LogP contribution in [-0.2, 0) is 11.3 Å². The van der Waals surface area contributed by atoms with Gasteiger partial charge >= 0.3 is 6.03 Å². The zero-order chi connectivity index (χ0) is 19.9. The summed E-state index contributed by atoms with van der Waals surface area (Å²) in [7, 11) is 3.95. The summed E-state index contributed by atoms with van der Waals surface area (Å²) < 4.78 is 0. The first-order valence-electron chi connectivity index (χ1n) is 9.24. The van der Waals surface area contributed by atoms with Crippen LogP contribution in [0.15, 0.2) is 18.2 Å². The van der Waals surface area contributed by atoms with E-state index in [4.69, 9.17) is 0 Å². The number of hydrogen-bond acceptors (Lipinski definition) is 3. The van der Waals surface area contributed by atoms with Crippen molar-refractivity contribution >= 4 is 23.3 Å². The molecular formula is C20H34N4O2. The Morgan fingerprint density at radius 1 is 1.12 bits per heavy atom. The van der Waals surface area contributed by atoms with E-state index in [-0.39, 0.29) is 17.5 Å². The molecule has 0 aliphatic rings. The van der Waals surface area contributed by atoms with Crippen molar-refractivity contribution in [3.8, 4) is 0 Å². The van der Waals surface area contributed by atoms with Gasteiger partial charge in [-0.25, -0.2) is 4.79 Å². The van der Waals surface area contributed by atoms with Gasteiger partial charge in [0.15, 0.2) is 0 Å². The molecular weight excluding hydrogens is 328 g/mol. The normalized spacial score (nSPS) is 11.0. The van der Waals surface area contributed by atoms with Crippen molar-refractivity contribution in [2.24, 2.45) is 0 Å². The summed E-state index contributed by atoms with van der Waals surface area (Å²) in [4.78, 5) is 28.2. The first-order valence-corrected chi connectivity index (χ1v) is 9.24. The molecule has 0 spiro atoms. The third kappa shape index (κ3) is 6.94. The topological polar surface area (TPSA) is 64.7 Å². The molecule has 0 unspecified atom stereocenters. The van der Waals surface area contributed by atoms with Crippen molar-refractivity contribution in [2.75, 3.05) is 30.9 Å². The number of amides is 3. The molecule has 3 amide bonds. The average Bonchev–Trinajstić information content (AvgIpc) is 2.52. The van der Waals surface area contributed by atoms with Crippen molar-refractivity contribution in [1.29, 1.82) is 0 Å². The molecule has 6 nitrogen and oxygen atoms in total. The van der Waals surface area contributed by atoms with E-state index in [2.05, 4.69) is 17.6 Å². The molecule has 0 aliphatic heterocycles. The van der Waals surface area contributed by atoms with Crippen LogP contribution in [0.25, 0.3) is 0 Å². The third-order valence-corrected chi connectivity index (χ3v) is 3.79. The van der Waals surface area contributed by atoms with E-state index in [0.29, 0.717) is 19.5 Å². The molecule has 0 heterocycles. The Morgan fingerprint density at radius 2 is 1.77 bits per heavy atom. The van der Waals surface area contributed by atoms with Gasteiger partial charge in [-0.05, 0) is 51.0 Å². The van der Waals surface area contributed by atoms with Crippen LogP contribution in [0.1, 0.15) is 53.0 Å². The van der Waals surface area contributed by atoms with Gasteiger partial charge in [0.2, 0.25) is 5.91 Å². The molecule has 146 valence electrons. The Bertz CT molecular complexity index is 621. The van der Waals surface area contributed by atoms with Crippen LogP contribution in [0.4, 0.5) is 16.2 Å². The number of nitrogens with zero attached hydrogens (tertiary/aromatic N) is 2. The van der Waals surface area contributed by atoms with Crippen molar-refractivity contribution < 1.29 is 9.59 Å². The predicted octanol–water partition coefficient (Wildman–Crippen LogP) is 3.82. The number of urea groups is 1. The summed E-state index contributed by atoms with van der Waals surface area (Å²) >= 11 is 0. The van der Waals surface area contributed by atoms with Gasteiger partial charge < -0.3 is 20.4 Å². The lowest BCUT2D eigenvalue weighted by Gasteiger charge is -2.30. The van der Waals surface area contributed by atoms with Crippen LogP contribution in [0.2, 0.25) is 0 Å². The Labute approximate surface area is 157 Å². The van der Waals surface area contributed by atoms with Crippen molar-refractivity contribution in [3.05, 3.63) is 23.8 Å². The lowest BCUT2D eigenvalue weighted by atomic mass is 10.1. The molecule has 0 saturated carbocycles. The van der Waals surface area contributed by atoms with E-state index in [9.17, 15) is 9.59 Å². The fraction of sp³-hybridized carbons (Fsp3) is 0.600. The second kappa shape index (κ2) is 9.46. The Hall–Kier alpha value is -2.24. The molecule has 0 bridgehead atoms. The highest BCUT2D eigenvalue weighted by Gasteiger charge is 2.21. The first kappa shape index (κ1) is 21.8. The summed E-state index contributed by atoms with van der Waals surface area (Å²) in [5.74, 6) is -0.0237. The van der Waals surface area contributed by atoms with Crippen LogP contribution in [0, 0.1) is 0 Å². The minimum absolute atomic E-state index is 0.0237. The maximum absolute atomic E-state index is 12.7. The molecule has 1 rings (SSSR count). The number of anilines is 2. The summed E-state index contributed by atoms with van der Waals surface area (Å²) in [6.45, 7) is 11.0. The highest BCUT2D eigenvalue weighted by Crippen LogP contribution is 2.25. The Kier molecular flexibility index (Phi) is 7.93. The smallest absolute Gasteiger partial charge is 0.318 e. The number of benzene rings is 1. The summed E-state index contributed by atoms with van der Waals surface area (Å²) in [5, 5.41) is 5.93. The summed E-state index contributed by atoms with van der Waals surface area (Å²) in [6, 6.07) is 5.75. The maximum Gasteiger partial charge on any atom is 0.318 e. The molecule has 0 aliphatic carbocycles. The van der Waals surface area contributed by atoms with Crippen LogP contribution in [0.5, 0.6) is 0 Å². The zero-order valence-electron chi connectivity index (χ0n) is 17.3. The van der Waals surface area contributed by atoms with Crippen LogP contribution in [-0.4, -0.2) is 43.0 Å². The van der Waals surface area contributed by atoms with Gasteiger partial charge in [-0.1, -0.05) is 13.8 Å². The van der Waals surface area contributed by atoms with E-state index >= 15 is 0 Å². The fourth-order valence-corrected chi connectivity index (χ4v) is 2.60. The van der Waals surface area contributed by atoms with Crippen molar-refractivity contribution in [3.63, 3.8) is 0 Å². The van der Waals surface area contributed by atoms with E-state index < -0.39 is 0 Å². The molecule has 6 heteroatoms. The van der Waals surface area contributed by atoms with Gasteiger partial charge in [0.05, 0.1) is 0 Å². The van der Waals surface area contributed by atoms with Gasteiger partial charge in [0, 0.05) is 50.5 Å². The minimum Gasteiger partial charge on any atom is -0.377 e. The SMILES string of the molecule is CCCN(Cc1cc(NC(=O)CC)ccc1N(C)C)C(=O)NC(C)(C)C. The van der Waals surface area contributed by atoms with Crippen LogP contribution in [0.3, 0.4) is 0 Å². The van der Waals surface area contributed by atoms with Gasteiger partial charge in [-0.2, -0.15) is 0 Å². The number of carbonyl (C=O) groups is 2. The van der Waals surface area contributed by atoms with Gasteiger partial charge in [0.25, 0.3) is 0 Å². The Balaban J connectivity index is 3.12. The van der Waals surface area contributed by atoms with E-state index in [1.54, 1.807) is 0 Å². The summed E-state index contributed by atoms with van der Waals surface area (Å²) in [5.41, 5.74) is 2.50. The zero-order valence-corrected chi connectivity index (χ0v) is 17.3. The molecule has 0 fully saturated rings. The minimum atomic E-state index is -0.287. The molecule has 0 saturated heterocycles. The molecule has 26 heavy (non-hydrogen) atoms. The van der Waals surface area contributed by atoms with Crippen molar-refractivity contribution in [1.82, 2.24) is 10.2 Å².